The molecule has 0 saturated carbocycles. The topological polar surface area (TPSA) is 20.2 Å². The van der Waals surface area contributed by atoms with Gasteiger partial charge in [-0.3, -0.25) is 0 Å². The average Bonchev–Trinajstić information content (AvgIpc) is 2.24. The van der Waals surface area contributed by atoms with Gasteiger partial charge in [-0.15, -0.1) is 5.73 Å². The first kappa shape index (κ1) is 14.0. The highest BCUT2D eigenvalue weighted by molar-refractivity contribution is 6.76. The van der Waals surface area contributed by atoms with Gasteiger partial charge in [-0.25, -0.2) is 0 Å². The van der Waals surface area contributed by atoms with Crippen LogP contribution in [0.25, 0.3) is 0 Å². The van der Waals surface area contributed by atoms with Crippen molar-refractivity contribution < 1.29 is 5.11 Å². The molecule has 1 N–H and O–H groups in total. The number of aliphatic hydroxyl groups excluding tert-OH is 1. The number of aliphatic hydroxyl groups is 1. The molecule has 0 fully saturated rings. The molecule has 0 unspecified atom stereocenters. The number of hydrogen-bond donors (Lipinski definition) is 1. The minimum Gasteiger partial charge on any atom is -0.383 e. The summed E-state index contributed by atoms with van der Waals surface area (Å²) in [5, 5.41) is 10.4. The molecule has 92 valence electrons. The molecule has 17 heavy (non-hydrogen) atoms. The summed E-state index contributed by atoms with van der Waals surface area (Å²) in [5.41, 5.74) is 5.95. The predicted octanol–water partition coefficient (Wildman–Crippen LogP) is 4.08. The van der Waals surface area contributed by atoms with Gasteiger partial charge in [-0.2, -0.15) is 0 Å². The van der Waals surface area contributed by atoms with Crippen LogP contribution in [-0.4, -0.2) is 13.2 Å². The van der Waals surface area contributed by atoms with Gasteiger partial charge in [0.05, 0.1) is 0 Å². The Morgan fingerprint density at radius 2 is 1.94 bits per heavy atom. The van der Waals surface area contributed by atoms with E-state index >= 15 is 0 Å². The Hall–Kier alpha value is -1.08. The van der Waals surface area contributed by atoms with Gasteiger partial charge in [0, 0.05) is 13.6 Å². The third kappa shape index (κ3) is 4.01. The fourth-order valence-corrected chi connectivity index (χ4v) is 3.37. The van der Waals surface area contributed by atoms with Gasteiger partial charge in [0.25, 0.3) is 0 Å². The van der Waals surface area contributed by atoms with E-state index < -0.39 is 14.2 Å². The summed E-state index contributed by atoms with van der Waals surface area (Å²) in [6.07, 6.45) is -0.555. The summed E-state index contributed by atoms with van der Waals surface area (Å²) in [6.45, 7) is 12.6. The highest BCUT2D eigenvalue weighted by Gasteiger charge is 2.22. The summed E-state index contributed by atoms with van der Waals surface area (Å²) < 4.78 is 0. The molecule has 2 heteroatoms. The van der Waals surface area contributed by atoms with Crippen molar-refractivity contribution in [2.75, 3.05) is 0 Å². The molecule has 0 heterocycles. The van der Waals surface area contributed by atoms with Crippen LogP contribution in [0.1, 0.15) is 17.2 Å². The fraction of sp³-hybridized carbons (Fsp3) is 0.400. The summed E-state index contributed by atoms with van der Waals surface area (Å²) in [7, 11) is -1.25. The number of benzene rings is 1. The number of hydrogen-bond acceptors (Lipinski definition) is 1. The Morgan fingerprint density at radius 3 is 2.41 bits per heavy atom. The van der Waals surface area contributed by atoms with E-state index in [1.807, 2.05) is 31.2 Å². The number of aryl methyl sites for hydroxylation is 1. The molecular formula is C15H22OSi. The third-order valence-electron chi connectivity index (χ3n) is 2.76. The Balaban J connectivity index is 3.00. The van der Waals surface area contributed by atoms with Crippen LogP contribution in [-0.2, 0) is 0 Å². The maximum atomic E-state index is 10.4. The molecule has 0 saturated heterocycles. The van der Waals surface area contributed by atoms with Gasteiger partial charge in [-0.1, -0.05) is 50.5 Å². The van der Waals surface area contributed by atoms with E-state index in [4.69, 9.17) is 0 Å². The minimum absolute atomic E-state index is 0.555. The van der Waals surface area contributed by atoms with Crippen molar-refractivity contribution in [1.29, 1.82) is 0 Å². The van der Waals surface area contributed by atoms with Crippen molar-refractivity contribution in [3.8, 4) is 0 Å². The molecule has 0 aromatic heterocycles. The number of rotatable bonds is 4. The zero-order valence-corrected chi connectivity index (χ0v) is 12.2. The van der Waals surface area contributed by atoms with Crippen molar-refractivity contribution in [2.45, 2.75) is 38.7 Å². The Morgan fingerprint density at radius 1 is 1.35 bits per heavy atom. The highest BCUT2D eigenvalue weighted by Crippen LogP contribution is 2.29. The lowest BCUT2D eigenvalue weighted by Crippen LogP contribution is -2.22. The molecule has 0 radical (unpaired) electrons. The standard InChI is InChI=1S/C15H22OSi/c1-6-13(11-17(3,4)5)15(16)14-10-8-7-9-12(14)2/h7-10,15-16H,1,11H2,2-5H3/t15-/m0/s1. The van der Waals surface area contributed by atoms with Crippen molar-refractivity contribution in [3.05, 3.63) is 53.3 Å². The molecule has 1 aromatic rings. The van der Waals surface area contributed by atoms with E-state index in [0.717, 1.165) is 22.7 Å². The fourth-order valence-electron chi connectivity index (χ4n) is 1.91. The molecule has 0 aliphatic rings. The van der Waals surface area contributed by atoms with E-state index in [-0.39, 0.29) is 0 Å². The second-order valence-electron chi connectivity index (χ2n) is 5.70. The molecule has 0 aliphatic heterocycles. The molecule has 1 nitrogen and oxygen atoms in total. The molecule has 0 aliphatic carbocycles. The van der Waals surface area contributed by atoms with E-state index in [1.165, 1.54) is 0 Å². The van der Waals surface area contributed by atoms with Gasteiger partial charge in [0.2, 0.25) is 0 Å². The van der Waals surface area contributed by atoms with Crippen LogP contribution in [0.4, 0.5) is 0 Å². The van der Waals surface area contributed by atoms with Gasteiger partial charge in [0.1, 0.15) is 6.10 Å². The van der Waals surface area contributed by atoms with Crippen LogP contribution < -0.4 is 0 Å². The maximum Gasteiger partial charge on any atom is 0.107 e. The van der Waals surface area contributed by atoms with Crippen LogP contribution in [0.5, 0.6) is 0 Å². The zero-order chi connectivity index (χ0) is 13.1. The molecule has 0 bridgehead atoms. The molecule has 1 atom stereocenters. The summed E-state index contributed by atoms with van der Waals surface area (Å²) in [6, 6.07) is 8.88. The van der Waals surface area contributed by atoms with Crippen LogP contribution >= 0.6 is 0 Å². The molecule has 0 amide bonds. The first-order valence-corrected chi connectivity index (χ1v) is 9.68. The minimum atomic E-state index is -1.25. The van der Waals surface area contributed by atoms with Crippen LogP contribution in [0, 0.1) is 6.92 Å². The van der Waals surface area contributed by atoms with E-state index in [2.05, 4.69) is 32.0 Å². The summed E-state index contributed by atoms with van der Waals surface area (Å²) >= 11 is 0. The smallest absolute Gasteiger partial charge is 0.107 e. The van der Waals surface area contributed by atoms with Gasteiger partial charge >= 0.3 is 0 Å². The van der Waals surface area contributed by atoms with E-state index in [0.29, 0.717) is 0 Å². The Bertz CT molecular complexity index is 436. The van der Waals surface area contributed by atoms with Crippen LogP contribution in [0.15, 0.2) is 42.1 Å². The normalized spacial score (nSPS) is 13.0. The lowest BCUT2D eigenvalue weighted by molar-refractivity contribution is 0.215. The van der Waals surface area contributed by atoms with Gasteiger partial charge in [-0.05, 0) is 24.1 Å². The summed E-state index contributed by atoms with van der Waals surface area (Å²) in [4.78, 5) is 0. The van der Waals surface area contributed by atoms with Crippen LogP contribution in [0.2, 0.25) is 25.7 Å². The quantitative estimate of drug-likeness (QED) is 0.627. The Labute approximate surface area is 106 Å². The predicted molar refractivity (Wildman–Crippen MR) is 76.9 cm³/mol. The van der Waals surface area contributed by atoms with Gasteiger partial charge in [0.15, 0.2) is 0 Å². The maximum absolute atomic E-state index is 10.4. The lowest BCUT2D eigenvalue weighted by Gasteiger charge is -2.22. The van der Waals surface area contributed by atoms with Crippen molar-refractivity contribution in [3.63, 3.8) is 0 Å². The van der Waals surface area contributed by atoms with Crippen LogP contribution in [0.3, 0.4) is 0 Å². The monoisotopic (exact) mass is 246 g/mol. The largest absolute Gasteiger partial charge is 0.383 e. The molecular weight excluding hydrogens is 224 g/mol. The van der Waals surface area contributed by atoms with E-state index in [1.54, 1.807) is 0 Å². The SMILES string of the molecule is C=C=C(C[Si](C)(C)C)[C@H](O)c1ccccc1C. The molecule has 1 aromatic carbocycles. The molecule has 1 rings (SSSR count). The second kappa shape index (κ2) is 5.50. The first-order valence-electron chi connectivity index (χ1n) is 5.97. The van der Waals surface area contributed by atoms with Crippen molar-refractivity contribution >= 4 is 8.07 Å². The lowest BCUT2D eigenvalue weighted by atomic mass is 9.99. The van der Waals surface area contributed by atoms with Crippen molar-refractivity contribution in [2.24, 2.45) is 0 Å². The first-order chi connectivity index (χ1) is 7.85. The average molecular weight is 246 g/mol. The van der Waals surface area contributed by atoms with Crippen molar-refractivity contribution in [1.82, 2.24) is 0 Å². The Kier molecular flexibility index (Phi) is 4.52. The van der Waals surface area contributed by atoms with E-state index in [9.17, 15) is 5.11 Å². The third-order valence-corrected chi connectivity index (χ3v) is 4.20. The van der Waals surface area contributed by atoms with Gasteiger partial charge < -0.3 is 5.11 Å². The second-order valence-corrected chi connectivity index (χ2v) is 11.2. The molecule has 0 spiro atoms. The summed E-state index contributed by atoms with van der Waals surface area (Å²) in [5.74, 6) is 0. The highest BCUT2D eigenvalue weighted by atomic mass is 28.3. The zero-order valence-electron chi connectivity index (χ0n) is 11.2.